The smallest absolute Gasteiger partial charge is 0.341 e. The highest BCUT2D eigenvalue weighted by Crippen LogP contribution is 2.55. The molecule has 28 heavy (non-hydrogen) atoms. The van der Waals surface area contributed by atoms with Crippen LogP contribution in [0.2, 0.25) is 0 Å². The average Bonchev–Trinajstić information content (AvgIpc) is 3.27. The second-order valence-electron chi connectivity index (χ2n) is 6.40. The predicted molar refractivity (Wildman–Crippen MR) is 81.6 cm³/mol. The predicted octanol–water partition coefficient (Wildman–Crippen LogP) is 3.41. The van der Waals surface area contributed by atoms with Gasteiger partial charge >= 0.3 is 12.4 Å². The number of halogens is 6. The minimum atomic E-state index is -5.49. The zero-order chi connectivity index (χ0) is 20.6. The molecular weight excluding hydrogens is 394 g/mol. The fourth-order valence-corrected chi connectivity index (χ4v) is 2.99. The SMILES string of the molecule is O=C(CCc1nc(-c2cccnc2)no1)N1CCC(C(F)(F)F)(C(F)(F)F)C1. The average molecular weight is 408 g/mol. The van der Waals surface area contributed by atoms with Gasteiger partial charge in [-0.2, -0.15) is 31.3 Å². The summed E-state index contributed by atoms with van der Waals surface area (Å²) in [5.41, 5.74) is -3.34. The van der Waals surface area contributed by atoms with Crippen molar-refractivity contribution in [3.63, 3.8) is 0 Å². The summed E-state index contributed by atoms with van der Waals surface area (Å²) in [4.78, 5) is 20.6. The van der Waals surface area contributed by atoms with Crippen LogP contribution < -0.4 is 0 Å². The van der Waals surface area contributed by atoms with E-state index in [1.165, 1.54) is 6.20 Å². The van der Waals surface area contributed by atoms with Crippen LogP contribution in [0.25, 0.3) is 11.4 Å². The van der Waals surface area contributed by atoms with Crippen molar-refractivity contribution in [2.75, 3.05) is 13.1 Å². The number of aryl methyl sites for hydroxylation is 1. The first-order chi connectivity index (χ1) is 13.0. The molecule has 1 aliphatic rings. The summed E-state index contributed by atoms with van der Waals surface area (Å²) >= 11 is 0. The molecular formula is C16H14F6N4O2. The molecule has 152 valence electrons. The lowest BCUT2D eigenvalue weighted by atomic mass is 9.85. The topological polar surface area (TPSA) is 72.1 Å². The number of nitrogens with zero attached hydrogens (tertiary/aromatic N) is 4. The molecule has 1 aliphatic heterocycles. The van der Waals surface area contributed by atoms with Gasteiger partial charge in [0.25, 0.3) is 0 Å². The summed E-state index contributed by atoms with van der Waals surface area (Å²) in [6.45, 7) is -2.06. The summed E-state index contributed by atoms with van der Waals surface area (Å²) in [5.74, 6) is -0.578. The van der Waals surface area contributed by atoms with Crippen molar-refractivity contribution in [3.8, 4) is 11.4 Å². The second-order valence-corrected chi connectivity index (χ2v) is 6.40. The van der Waals surface area contributed by atoms with E-state index in [1.54, 1.807) is 18.3 Å². The molecule has 2 aromatic rings. The van der Waals surface area contributed by atoms with E-state index in [-0.39, 0.29) is 24.6 Å². The van der Waals surface area contributed by atoms with Crippen molar-refractivity contribution >= 4 is 5.91 Å². The van der Waals surface area contributed by atoms with Crippen molar-refractivity contribution in [2.24, 2.45) is 5.41 Å². The molecule has 2 aromatic heterocycles. The molecule has 6 nitrogen and oxygen atoms in total. The molecule has 1 amide bonds. The maximum Gasteiger partial charge on any atom is 0.404 e. The maximum absolute atomic E-state index is 13.1. The highest BCUT2D eigenvalue weighted by molar-refractivity contribution is 5.76. The molecule has 0 saturated carbocycles. The van der Waals surface area contributed by atoms with Gasteiger partial charge in [-0.05, 0) is 18.6 Å². The first-order valence-corrected chi connectivity index (χ1v) is 8.18. The van der Waals surface area contributed by atoms with Gasteiger partial charge in [-0.3, -0.25) is 9.78 Å². The standard InChI is InChI=1S/C16H14F6N4O2/c17-15(18,19)14(16(20,21)22)5-7-26(9-14)12(27)4-3-11-24-13(25-28-11)10-2-1-6-23-8-10/h1-2,6,8H,3-5,7,9H2. The third-order valence-corrected chi connectivity index (χ3v) is 4.65. The van der Waals surface area contributed by atoms with Crippen molar-refractivity contribution in [1.29, 1.82) is 0 Å². The number of carbonyl (C=O) groups excluding carboxylic acids is 1. The van der Waals surface area contributed by atoms with Crippen molar-refractivity contribution in [2.45, 2.75) is 31.6 Å². The molecule has 1 fully saturated rings. The van der Waals surface area contributed by atoms with E-state index in [1.807, 2.05) is 0 Å². The normalized spacial score (nSPS) is 17.1. The monoisotopic (exact) mass is 408 g/mol. The van der Waals surface area contributed by atoms with E-state index in [4.69, 9.17) is 4.52 Å². The van der Waals surface area contributed by atoms with Gasteiger partial charge in [-0.1, -0.05) is 5.16 Å². The van der Waals surface area contributed by atoms with Crippen LogP contribution in [0.4, 0.5) is 26.3 Å². The van der Waals surface area contributed by atoms with Crippen molar-refractivity contribution < 1.29 is 35.7 Å². The van der Waals surface area contributed by atoms with Crippen LogP contribution in [0, 0.1) is 5.41 Å². The molecule has 1 saturated heterocycles. The molecule has 0 aliphatic carbocycles. The van der Waals surface area contributed by atoms with Gasteiger partial charge in [-0.25, -0.2) is 0 Å². The highest BCUT2D eigenvalue weighted by Gasteiger charge is 2.72. The van der Waals surface area contributed by atoms with Gasteiger partial charge in [0.05, 0.1) is 0 Å². The van der Waals surface area contributed by atoms with Gasteiger partial charge in [0, 0.05) is 43.9 Å². The summed E-state index contributed by atoms with van der Waals surface area (Å²) < 4.78 is 83.4. The number of hydrogen-bond acceptors (Lipinski definition) is 5. The summed E-state index contributed by atoms with van der Waals surface area (Å²) in [7, 11) is 0. The van der Waals surface area contributed by atoms with Crippen LogP contribution >= 0.6 is 0 Å². The van der Waals surface area contributed by atoms with Gasteiger partial charge in [-0.15, -0.1) is 0 Å². The number of carbonyl (C=O) groups is 1. The molecule has 0 aromatic carbocycles. The molecule has 12 heteroatoms. The van der Waals surface area contributed by atoms with Gasteiger partial charge in [0.1, 0.15) is 0 Å². The lowest BCUT2D eigenvalue weighted by molar-refractivity contribution is -0.334. The van der Waals surface area contributed by atoms with Crippen LogP contribution in [0.15, 0.2) is 29.0 Å². The second kappa shape index (κ2) is 7.06. The zero-order valence-electron chi connectivity index (χ0n) is 14.2. The number of amides is 1. The van der Waals surface area contributed by atoms with Crippen LogP contribution in [0.3, 0.4) is 0 Å². The Morgan fingerprint density at radius 1 is 1.21 bits per heavy atom. The van der Waals surface area contributed by atoms with Crippen LogP contribution in [-0.2, 0) is 11.2 Å². The lowest BCUT2D eigenvalue weighted by Crippen LogP contribution is -2.52. The van der Waals surface area contributed by atoms with E-state index in [2.05, 4.69) is 15.1 Å². The van der Waals surface area contributed by atoms with Crippen molar-refractivity contribution in [3.05, 3.63) is 30.4 Å². The Morgan fingerprint density at radius 2 is 1.93 bits per heavy atom. The Bertz CT molecular complexity index is 820. The van der Waals surface area contributed by atoms with Crippen molar-refractivity contribution in [1.82, 2.24) is 20.0 Å². The van der Waals surface area contributed by atoms with Gasteiger partial charge in [0.15, 0.2) is 5.41 Å². The van der Waals surface area contributed by atoms with Gasteiger partial charge in [0.2, 0.25) is 17.6 Å². The third-order valence-electron chi connectivity index (χ3n) is 4.65. The number of pyridine rings is 1. The Hall–Kier alpha value is -2.66. The lowest BCUT2D eigenvalue weighted by Gasteiger charge is -2.33. The number of alkyl halides is 6. The van der Waals surface area contributed by atoms with Gasteiger partial charge < -0.3 is 9.42 Å². The summed E-state index contributed by atoms with van der Waals surface area (Å²) in [6.07, 6.45) is -9.62. The molecule has 0 atom stereocenters. The first-order valence-electron chi connectivity index (χ1n) is 8.18. The molecule has 0 radical (unpaired) electrons. The molecule has 0 N–H and O–H groups in total. The highest BCUT2D eigenvalue weighted by atomic mass is 19.4. The largest absolute Gasteiger partial charge is 0.404 e. The van der Waals surface area contributed by atoms with E-state index in [0.717, 1.165) is 0 Å². The fourth-order valence-electron chi connectivity index (χ4n) is 2.99. The van der Waals surface area contributed by atoms with E-state index in [9.17, 15) is 31.1 Å². The fraction of sp³-hybridized carbons (Fsp3) is 0.500. The van der Waals surface area contributed by atoms with Crippen LogP contribution in [0.5, 0.6) is 0 Å². The quantitative estimate of drug-likeness (QED) is 0.726. The summed E-state index contributed by atoms with van der Waals surface area (Å²) in [5, 5.41) is 3.70. The molecule has 0 unspecified atom stereocenters. The van der Waals surface area contributed by atoms with E-state index in [0.29, 0.717) is 10.5 Å². The maximum atomic E-state index is 13.1. The Balaban J connectivity index is 1.63. The zero-order valence-corrected chi connectivity index (χ0v) is 14.2. The Morgan fingerprint density at radius 3 is 2.50 bits per heavy atom. The van der Waals surface area contributed by atoms with E-state index >= 15 is 0 Å². The molecule has 3 heterocycles. The number of likely N-dealkylation sites (tertiary alicyclic amines) is 1. The molecule has 0 spiro atoms. The Kier molecular flexibility index (Phi) is 5.06. The number of rotatable bonds is 4. The number of aromatic nitrogens is 3. The molecule has 3 rings (SSSR count). The van der Waals surface area contributed by atoms with Crippen LogP contribution in [-0.4, -0.2) is 51.4 Å². The van der Waals surface area contributed by atoms with E-state index < -0.39 is 43.2 Å². The Labute approximate surface area is 154 Å². The van der Waals surface area contributed by atoms with Crippen LogP contribution in [0.1, 0.15) is 18.7 Å². The third kappa shape index (κ3) is 3.67. The first kappa shape index (κ1) is 20.1. The summed E-state index contributed by atoms with van der Waals surface area (Å²) in [6, 6.07) is 3.32. The minimum Gasteiger partial charge on any atom is -0.341 e. The molecule has 0 bridgehead atoms. The minimum absolute atomic E-state index is 0.0457. The number of hydrogen-bond donors (Lipinski definition) is 0.